The Morgan fingerprint density at radius 3 is 2.53 bits per heavy atom. The maximum atomic E-state index is 10.7. The minimum atomic E-state index is -0.548. The molecule has 2 aromatic rings. The van der Waals surface area contributed by atoms with Crippen molar-refractivity contribution in [3.8, 4) is 0 Å². The molecule has 0 saturated carbocycles. The summed E-state index contributed by atoms with van der Waals surface area (Å²) in [6.45, 7) is 0. The van der Waals surface area contributed by atoms with Crippen molar-refractivity contribution in [1.29, 1.82) is 0 Å². The van der Waals surface area contributed by atoms with Gasteiger partial charge in [-0.3, -0.25) is 10.1 Å². The monoisotopic (exact) mass is 300 g/mol. The fraction of sp³-hybridized carbons (Fsp3) is 0.222. The molecule has 2 aromatic heterocycles. The minimum Gasteiger partial charge on any atom is -0.358 e. The van der Waals surface area contributed by atoms with Crippen molar-refractivity contribution >= 4 is 34.8 Å². The zero-order valence-electron chi connectivity index (χ0n) is 9.59. The Balaban J connectivity index is 2.35. The summed E-state index contributed by atoms with van der Waals surface area (Å²) in [5, 5.41) is 20.8. The van der Waals surface area contributed by atoms with Crippen molar-refractivity contribution in [2.24, 2.45) is 7.05 Å². The van der Waals surface area contributed by atoms with Crippen LogP contribution in [0.15, 0.2) is 18.3 Å². The van der Waals surface area contributed by atoms with Crippen LogP contribution >= 0.6 is 24.0 Å². The molecule has 0 aliphatic carbocycles. The number of rotatable bonds is 4. The number of aromatic nitrogens is 2. The minimum absolute atomic E-state index is 0.00208. The Labute approximate surface area is 116 Å². The van der Waals surface area contributed by atoms with Crippen LogP contribution in [0.4, 0.5) is 10.8 Å². The van der Waals surface area contributed by atoms with Gasteiger partial charge in [0.1, 0.15) is 11.4 Å². The standard InChI is InChI=1S/C9H8N4O4S2/c1-11-6(12(14)15)4-10-9(11)8(18)5-2-3-7(19-5)13(16)17/h2-4,8,18H,1H3. The van der Waals surface area contributed by atoms with E-state index in [4.69, 9.17) is 0 Å². The molecule has 19 heavy (non-hydrogen) atoms. The van der Waals surface area contributed by atoms with Crippen molar-refractivity contribution in [2.75, 3.05) is 0 Å². The van der Waals surface area contributed by atoms with Gasteiger partial charge >= 0.3 is 10.8 Å². The Kier molecular flexibility index (Phi) is 3.53. The molecule has 1 unspecified atom stereocenters. The quantitative estimate of drug-likeness (QED) is 0.530. The van der Waals surface area contributed by atoms with E-state index in [0.717, 1.165) is 17.5 Å². The first-order valence-electron chi connectivity index (χ1n) is 5.00. The molecular weight excluding hydrogens is 292 g/mol. The van der Waals surface area contributed by atoms with Crippen LogP contribution in [0.1, 0.15) is 16.0 Å². The maximum Gasteiger partial charge on any atom is 0.342 e. The summed E-state index contributed by atoms with van der Waals surface area (Å²) >= 11 is 5.30. The number of nitro groups is 2. The summed E-state index contributed by atoms with van der Waals surface area (Å²) in [6.07, 6.45) is 1.14. The first-order chi connectivity index (χ1) is 8.91. The normalized spacial score (nSPS) is 12.3. The summed E-state index contributed by atoms with van der Waals surface area (Å²) in [7, 11) is 1.51. The van der Waals surface area contributed by atoms with Gasteiger partial charge in [-0.15, -0.1) is 0 Å². The number of imidazole rings is 1. The van der Waals surface area contributed by atoms with Crippen LogP contribution in [-0.4, -0.2) is 19.4 Å². The number of thiophene rings is 1. The second-order valence-corrected chi connectivity index (χ2v) is 5.24. The van der Waals surface area contributed by atoms with Crippen LogP contribution in [0.25, 0.3) is 0 Å². The largest absolute Gasteiger partial charge is 0.358 e. The summed E-state index contributed by atoms with van der Waals surface area (Å²) in [6, 6.07) is 2.95. The first-order valence-corrected chi connectivity index (χ1v) is 6.33. The zero-order chi connectivity index (χ0) is 14.2. The molecule has 2 heterocycles. The van der Waals surface area contributed by atoms with E-state index in [1.807, 2.05) is 0 Å². The SMILES string of the molecule is Cn1c([N+](=O)[O-])cnc1C(S)c1ccc([N+](=O)[O-])s1. The second-order valence-electron chi connectivity index (χ2n) is 3.63. The predicted octanol–water partition coefficient (Wildman–Crippen LogP) is 2.32. The molecule has 0 amide bonds. The Hall–Kier alpha value is -1.94. The van der Waals surface area contributed by atoms with Gasteiger partial charge in [0.25, 0.3) is 0 Å². The van der Waals surface area contributed by atoms with Gasteiger partial charge in [-0.25, -0.2) is 9.55 Å². The Morgan fingerprint density at radius 2 is 2.05 bits per heavy atom. The highest BCUT2D eigenvalue weighted by Gasteiger charge is 2.25. The van der Waals surface area contributed by atoms with Crippen LogP contribution in [-0.2, 0) is 7.05 Å². The first kappa shape index (κ1) is 13.5. The number of hydrogen-bond donors (Lipinski definition) is 1. The highest BCUT2D eigenvalue weighted by atomic mass is 32.1. The van der Waals surface area contributed by atoms with E-state index >= 15 is 0 Å². The van der Waals surface area contributed by atoms with Gasteiger partial charge in [0, 0.05) is 10.9 Å². The van der Waals surface area contributed by atoms with E-state index in [1.54, 1.807) is 6.07 Å². The van der Waals surface area contributed by atoms with E-state index in [9.17, 15) is 20.2 Å². The highest BCUT2D eigenvalue weighted by Crippen LogP contribution is 2.36. The van der Waals surface area contributed by atoms with Gasteiger partial charge in [-0.05, 0) is 11.0 Å². The van der Waals surface area contributed by atoms with Crippen molar-refractivity contribution in [2.45, 2.75) is 5.25 Å². The summed E-state index contributed by atoms with van der Waals surface area (Å²) < 4.78 is 1.31. The third-order valence-electron chi connectivity index (χ3n) is 2.49. The van der Waals surface area contributed by atoms with E-state index < -0.39 is 15.1 Å². The van der Waals surface area contributed by atoms with Gasteiger partial charge in [-0.1, -0.05) is 11.3 Å². The average Bonchev–Trinajstić information content (AvgIpc) is 2.94. The lowest BCUT2D eigenvalue weighted by atomic mass is 10.3. The molecule has 0 aliphatic heterocycles. The third-order valence-corrected chi connectivity index (χ3v) is 4.28. The number of hydrogen-bond acceptors (Lipinski definition) is 7. The van der Waals surface area contributed by atoms with E-state index in [2.05, 4.69) is 17.6 Å². The predicted molar refractivity (Wildman–Crippen MR) is 71.7 cm³/mol. The van der Waals surface area contributed by atoms with E-state index in [0.29, 0.717) is 10.7 Å². The molecular formula is C9H8N4O4S2. The molecule has 0 aromatic carbocycles. The van der Waals surface area contributed by atoms with Crippen molar-refractivity contribution < 1.29 is 9.85 Å². The Bertz CT molecular complexity index is 650. The highest BCUT2D eigenvalue weighted by molar-refractivity contribution is 7.81. The molecule has 8 nitrogen and oxygen atoms in total. The van der Waals surface area contributed by atoms with Gasteiger partial charge < -0.3 is 10.1 Å². The smallest absolute Gasteiger partial charge is 0.342 e. The number of nitrogens with zero attached hydrogens (tertiary/aromatic N) is 4. The Morgan fingerprint density at radius 1 is 1.37 bits per heavy atom. The molecule has 0 N–H and O–H groups in total. The van der Waals surface area contributed by atoms with Crippen LogP contribution in [0.2, 0.25) is 0 Å². The van der Waals surface area contributed by atoms with E-state index in [1.165, 1.54) is 17.7 Å². The van der Waals surface area contributed by atoms with Crippen LogP contribution in [0.3, 0.4) is 0 Å². The molecule has 10 heteroatoms. The molecule has 0 aliphatic rings. The molecule has 0 saturated heterocycles. The maximum absolute atomic E-state index is 10.7. The lowest BCUT2D eigenvalue weighted by Gasteiger charge is -2.04. The molecule has 0 radical (unpaired) electrons. The van der Waals surface area contributed by atoms with Gasteiger partial charge in [-0.2, -0.15) is 12.6 Å². The molecule has 0 fully saturated rings. The molecule has 2 rings (SSSR count). The zero-order valence-corrected chi connectivity index (χ0v) is 11.3. The van der Waals surface area contributed by atoms with Crippen LogP contribution in [0, 0.1) is 20.2 Å². The summed E-state index contributed by atoms with van der Waals surface area (Å²) in [5.41, 5.74) is 0. The summed E-state index contributed by atoms with van der Waals surface area (Å²) in [5.74, 6) is 0.215. The molecule has 0 spiro atoms. The van der Waals surface area contributed by atoms with Crippen LogP contribution < -0.4 is 0 Å². The number of thiol groups is 1. The fourth-order valence-electron chi connectivity index (χ4n) is 1.55. The van der Waals surface area contributed by atoms with E-state index in [-0.39, 0.29) is 10.8 Å². The van der Waals surface area contributed by atoms with Crippen molar-refractivity contribution in [1.82, 2.24) is 9.55 Å². The summed E-state index contributed by atoms with van der Waals surface area (Å²) in [4.78, 5) is 24.9. The molecule has 100 valence electrons. The van der Waals surface area contributed by atoms with Crippen molar-refractivity contribution in [3.63, 3.8) is 0 Å². The molecule has 1 atom stereocenters. The van der Waals surface area contributed by atoms with Gasteiger partial charge in [0.15, 0.2) is 0 Å². The third kappa shape index (κ3) is 2.44. The lowest BCUT2D eigenvalue weighted by Crippen LogP contribution is -2.04. The van der Waals surface area contributed by atoms with Gasteiger partial charge in [0.05, 0.1) is 12.0 Å². The molecule has 0 bridgehead atoms. The average molecular weight is 300 g/mol. The lowest BCUT2D eigenvalue weighted by molar-refractivity contribution is -0.391. The van der Waals surface area contributed by atoms with Crippen molar-refractivity contribution in [3.05, 3.63) is 49.3 Å². The van der Waals surface area contributed by atoms with Crippen LogP contribution in [0.5, 0.6) is 0 Å². The second kappa shape index (κ2) is 4.97. The van der Waals surface area contributed by atoms with Gasteiger partial charge in [0.2, 0.25) is 5.82 Å². The topological polar surface area (TPSA) is 104 Å². The fourth-order valence-corrected chi connectivity index (χ4v) is 2.84.